The van der Waals surface area contributed by atoms with E-state index in [0.29, 0.717) is 6.54 Å². The normalized spacial score (nSPS) is 11.1. The summed E-state index contributed by atoms with van der Waals surface area (Å²) in [6.07, 6.45) is -0.0977. The van der Waals surface area contributed by atoms with Crippen LogP contribution < -0.4 is 16.0 Å². The topological polar surface area (TPSA) is 134 Å². The van der Waals surface area contributed by atoms with Crippen LogP contribution in [0.3, 0.4) is 0 Å². The van der Waals surface area contributed by atoms with Gasteiger partial charge in [-0.25, -0.2) is 9.59 Å². The number of aliphatic carboxylic acids is 1. The van der Waals surface area contributed by atoms with Crippen molar-refractivity contribution in [2.75, 3.05) is 20.2 Å². The van der Waals surface area contributed by atoms with E-state index in [1.807, 2.05) is 0 Å². The SMILES string of the molecule is CCNC(=O)CCNC(=O)N[C@@H](CCC(=O)OC)C(=O)O. The molecule has 120 valence electrons. The van der Waals surface area contributed by atoms with Gasteiger partial charge >= 0.3 is 18.0 Å². The number of carbonyl (C=O) groups excluding carboxylic acids is 3. The van der Waals surface area contributed by atoms with Crippen LogP contribution in [0.25, 0.3) is 0 Å². The number of urea groups is 1. The number of methoxy groups -OCH3 is 1. The van der Waals surface area contributed by atoms with Crippen LogP contribution in [-0.2, 0) is 19.1 Å². The van der Waals surface area contributed by atoms with Gasteiger partial charge in [0.2, 0.25) is 5.91 Å². The monoisotopic (exact) mass is 303 g/mol. The van der Waals surface area contributed by atoms with E-state index in [9.17, 15) is 19.2 Å². The van der Waals surface area contributed by atoms with E-state index in [1.165, 1.54) is 7.11 Å². The standard InChI is InChI=1S/C12H21N3O6/c1-3-13-9(16)6-7-14-12(20)15-8(11(18)19)4-5-10(17)21-2/h8H,3-7H2,1-2H3,(H,13,16)(H,18,19)(H2,14,15,20)/t8-/m0/s1. The third-order valence-corrected chi connectivity index (χ3v) is 2.48. The van der Waals surface area contributed by atoms with Crippen molar-refractivity contribution in [1.29, 1.82) is 0 Å². The molecular formula is C12H21N3O6. The van der Waals surface area contributed by atoms with Gasteiger partial charge in [0, 0.05) is 25.9 Å². The van der Waals surface area contributed by atoms with Gasteiger partial charge in [-0.15, -0.1) is 0 Å². The molecule has 1 atom stereocenters. The third-order valence-electron chi connectivity index (χ3n) is 2.48. The molecule has 0 aliphatic carbocycles. The molecule has 3 amide bonds. The molecule has 0 aliphatic heterocycles. The van der Waals surface area contributed by atoms with Gasteiger partial charge in [-0.3, -0.25) is 9.59 Å². The van der Waals surface area contributed by atoms with Crippen LogP contribution in [0.1, 0.15) is 26.2 Å². The Kier molecular flexibility index (Phi) is 9.31. The number of carbonyl (C=O) groups is 4. The van der Waals surface area contributed by atoms with E-state index >= 15 is 0 Å². The van der Waals surface area contributed by atoms with Gasteiger partial charge < -0.3 is 25.8 Å². The number of carboxylic acid groups (broad SMARTS) is 1. The number of ether oxygens (including phenoxy) is 1. The zero-order valence-electron chi connectivity index (χ0n) is 12.1. The van der Waals surface area contributed by atoms with Crippen molar-refractivity contribution in [1.82, 2.24) is 16.0 Å². The van der Waals surface area contributed by atoms with Crippen molar-refractivity contribution in [3.8, 4) is 0 Å². The van der Waals surface area contributed by atoms with E-state index in [2.05, 4.69) is 20.7 Å². The smallest absolute Gasteiger partial charge is 0.326 e. The molecule has 0 fully saturated rings. The molecule has 0 aromatic rings. The third kappa shape index (κ3) is 9.25. The van der Waals surface area contributed by atoms with Crippen LogP contribution in [0.15, 0.2) is 0 Å². The predicted octanol–water partition coefficient (Wildman–Crippen LogP) is -0.782. The summed E-state index contributed by atoms with van der Waals surface area (Å²) in [7, 11) is 1.19. The lowest BCUT2D eigenvalue weighted by molar-refractivity contribution is -0.142. The number of hydrogen-bond acceptors (Lipinski definition) is 5. The van der Waals surface area contributed by atoms with E-state index in [4.69, 9.17) is 5.11 Å². The van der Waals surface area contributed by atoms with Crippen molar-refractivity contribution in [2.45, 2.75) is 32.2 Å². The minimum Gasteiger partial charge on any atom is -0.480 e. The van der Waals surface area contributed by atoms with E-state index in [1.54, 1.807) is 6.92 Å². The van der Waals surface area contributed by atoms with Crippen LogP contribution in [0.2, 0.25) is 0 Å². The molecule has 0 radical (unpaired) electrons. The molecule has 0 spiro atoms. The number of nitrogens with one attached hydrogen (secondary N) is 3. The maximum absolute atomic E-state index is 11.5. The first-order chi connectivity index (χ1) is 9.90. The largest absolute Gasteiger partial charge is 0.480 e. The molecule has 9 nitrogen and oxygen atoms in total. The number of esters is 1. The Morgan fingerprint density at radius 2 is 1.81 bits per heavy atom. The Labute approximate surface area is 122 Å². The Hall–Kier alpha value is -2.32. The zero-order valence-corrected chi connectivity index (χ0v) is 12.1. The fourth-order valence-corrected chi connectivity index (χ4v) is 1.41. The second kappa shape index (κ2) is 10.5. The number of carboxylic acids is 1. The highest BCUT2D eigenvalue weighted by molar-refractivity contribution is 5.83. The molecule has 0 aromatic carbocycles. The van der Waals surface area contributed by atoms with Gasteiger partial charge in [-0.1, -0.05) is 0 Å². The number of hydrogen-bond donors (Lipinski definition) is 4. The Morgan fingerprint density at radius 1 is 1.14 bits per heavy atom. The average molecular weight is 303 g/mol. The van der Waals surface area contributed by atoms with Gasteiger partial charge in [-0.05, 0) is 13.3 Å². The quantitative estimate of drug-likeness (QED) is 0.413. The molecule has 0 heterocycles. The molecule has 0 aliphatic rings. The van der Waals surface area contributed by atoms with Gasteiger partial charge in [0.1, 0.15) is 6.04 Å². The van der Waals surface area contributed by atoms with Crippen LogP contribution in [0.5, 0.6) is 0 Å². The van der Waals surface area contributed by atoms with E-state index in [0.717, 1.165) is 0 Å². The second-order valence-corrected chi connectivity index (χ2v) is 4.11. The Morgan fingerprint density at radius 3 is 2.33 bits per heavy atom. The van der Waals surface area contributed by atoms with Gasteiger partial charge in [0.15, 0.2) is 0 Å². The fourth-order valence-electron chi connectivity index (χ4n) is 1.41. The minimum absolute atomic E-state index is 0.0776. The molecule has 9 heteroatoms. The Bertz CT molecular complexity index is 385. The van der Waals surface area contributed by atoms with Crippen molar-refractivity contribution < 1.29 is 29.0 Å². The van der Waals surface area contributed by atoms with Gasteiger partial charge in [0.25, 0.3) is 0 Å². The van der Waals surface area contributed by atoms with E-state index in [-0.39, 0.29) is 31.7 Å². The van der Waals surface area contributed by atoms with Crippen LogP contribution in [-0.4, -0.2) is 55.2 Å². The van der Waals surface area contributed by atoms with Crippen molar-refractivity contribution in [2.24, 2.45) is 0 Å². The van der Waals surface area contributed by atoms with Crippen molar-refractivity contribution in [3.05, 3.63) is 0 Å². The predicted molar refractivity (Wildman–Crippen MR) is 72.5 cm³/mol. The number of amides is 3. The summed E-state index contributed by atoms with van der Waals surface area (Å²) < 4.78 is 4.39. The molecule has 4 N–H and O–H groups in total. The number of rotatable bonds is 9. The van der Waals surface area contributed by atoms with Crippen LogP contribution in [0.4, 0.5) is 4.79 Å². The zero-order chi connectivity index (χ0) is 16.3. The fraction of sp³-hybridized carbons (Fsp3) is 0.667. The maximum atomic E-state index is 11.5. The van der Waals surface area contributed by atoms with Crippen LogP contribution in [0, 0.1) is 0 Å². The summed E-state index contributed by atoms with van der Waals surface area (Å²) in [5.74, 6) is -2.02. The second-order valence-electron chi connectivity index (χ2n) is 4.11. The van der Waals surface area contributed by atoms with Gasteiger partial charge in [0.05, 0.1) is 7.11 Å². The summed E-state index contributed by atoms with van der Waals surface area (Å²) in [5, 5.41) is 16.1. The Balaban J connectivity index is 4.09. The molecule has 0 aromatic heterocycles. The summed E-state index contributed by atoms with van der Waals surface area (Å²) in [4.78, 5) is 44.5. The first-order valence-corrected chi connectivity index (χ1v) is 6.51. The molecule has 0 bridgehead atoms. The highest BCUT2D eigenvalue weighted by atomic mass is 16.5. The first-order valence-electron chi connectivity index (χ1n) is 6.51. The highest BCUT2D eigenvalue weighted by Crippen LogP contribution is 1.99. The maximum Gasteiger partial charge on any atom is 0.326 e. The molecule has 0 saturated heterocycles. The molecule has 0 saturated carbocycles. The lowest BCUT2D eigenvalue weighted by Gasteiger charge is -2.14. The van der Waals surface area contributed by atoms with Crippen LogP contribution >= 0.6 is 0 Å². The molecule has 21 heavy (non-hydrogen) atoms. The van der Waals surface area contributed by atoms with Crippen molar-refractivity contribution >= 4 is 23.9 Å². The molecule has 0 rings (SSSR count). The average Bonchev–Trinajstić information content (AvgIpc) is 2.42. The molecule has 0 unspecified atom stereocenters. The summed E-state index contributed by atoms with van der Waals surface area (Å²) in [6, 6.07) is -1.91. The first kappa shape index (κ1) is 18.7. The summed E-state index contributed by atoms with van der Waals surface area (Å²) >= 11 is 0. The summed E-state index contributed by atoms with van der Waals surface area (Å²) in [6.45, 7) is 2.36. The summed E-state index contributed by atoms with van der Waals surface area (Å²) in [5.41, 5.74) is 0. The lowest BCUT2D eigenvalue weighted by atomic mass is 10.1. The van der Waals surface area contributed by atoms with Gasteiger partial charge in [-0.2, -0.15) is 0 Å². The lowest BCUT2D eigenvalue weighted by Crippen LogP contribution is -2.46. The minimum atomic E-state index is -1.25. The molecular weight excluding hydrogens is 282 g/mol. The van der Waals surface area contributed by atoms with Crippen molar-refractivity contribution in [3.63, 3.8) is 0 Å². The highest BCUT2D eigenvalue weighted by Gasteiger charge is 2.21. The van der Waals surface area contributed by atoms with E-state index < -0.39 is 24.0 Å².